The molecule has 0 spiro atoms. The van der Waals surface area contributed by atoms with Gasteiger partial charge in [-0.2, -0.15) is 0 Å². The Hall–Kier alpha value is -2.38. The third kappa shape index (κ3) is 5.55. The number of sulfonamides is 1. The van der Waals surface area contributed by atoms with Crippen molar-refractivity contribution in [2.75, 3.05) is 25.1 Å². The van der Waals surface area contributed by atoms with E-state index in [-0.39, 0.29) is 23.9 Å². The summed E-state index contributed by atoms with van der Waals surface area (Å²) < 4.78 is 32.6. The van der Waals surface area contributed by atoms with E-state index in [0.29, 0.717) is 17.4 Å². The molecule has 0 aliphatic rings. The number of carbonyl (C=O) groups excluding carboxylic acids is 1. The van der Waals surface area contributed by atoms with Crippen molar-refractivity contribution < 1.29 is 17.9 Å². The van der Waals surface area contributed by atoms with Gasteiger partial charge in [-0.25, -0.2) is 13.1 Å². The summed E-state index contributed by atoms with van der Waals surface area (Å²) in [6.45, 7) is 5.89. The van der Waals surface area contributed by atoms with Crippen LogP contribution < -0.4 is 14.4 Å². The van der Waals surface area contributed by atoms with Crippen LogP contribution in [0.4, 0.5) is 5.69 Å². The Morgan fingerprint density at radius 1 is 1.07 bits per heavy atom. The topological polar surface area (TPSA) is 75.7 Å². The van der Waals surface area contributed by atoms with Gasteiger partial charge in [0, 0.05) is 25.7 Å². The Kier molecular flexibility index (Phi) is 6.98. The van der Waals surface area contributed by atoms with E-state index in [1.54, 1.807) is 43.5 Å². The molecule has 0 atom stereocenters. The first-order valence-corrected chi connectivity index (χ1v) is 10.2. The molecule has 0 aliphatic carbocycles. The van der Waals surface area contributed by atoms with Gasteiger partial charge in [0.2, 0.25) is 15.9 Å². The van der Waals surface area contributed by atoms with Crippen molar-refractivity contribution in [2.24, 2.45) is 0 Å². The second kappa shape index (κ2) is 9.01. The van der Waals surface area contributed by atoms with Crippen LogP contribution in [0.25, 0.3) is 0 Å². The summed E-state index contributed by atoms with van der Waals surface area (Å²) in [5, 5.41) is 0. The van der Waals surface area contributed by atoms with Crippen LogP contribution in [-0.4, -0.2) is 34.5 Å². The fourth-order valence-corrected chi connectivity index (χ4v) is 3.66. The van der Waals surface area contributed by atoms with Crippen LogP contribution in [0.15, 0.2) is 53.4 Å². The van der Waals surface area contributed by atoms with Gasteiger partial charge in [-0.1, -0.05) is 26.0 Å². The maximum absolute atomic E-state index is 12.5. The summed E-state index contributed by atoms with van der Waals surface area (Å²) in [6, 6.07) is 13.9. The van der Waals surface area contributed by atoms with Crippen molar-refractivity contribution in [3.05, 3.63) is 54.1 Å². The van der Waals surface area contributed by atoms with Crippen LogP contribution >= 0.6 is 0 Å². The number of nitrogens with one attached hydrogen (secondary N) is 1. The van der Waals surface area contributed by atoms with Gasteiger partial charge in [0.15, 0.2) is 0 Å². The Labute approximate surface area is 161 Å². The van der Waals surface area contributed by atoms with Gasteiger partial charge in [0.1, 0.15) is 5.75 Å². The minimum absolute atomic E-state index is 0.111. The number of anilines is 1. The van der Waals surface area contributed by atoms with Gasteiger partial charge in [-0.3, -0.25) is 4.79 Å². The molecule has 0 aliphatic heterocycles. The number of hydrogen-bond donors (Lipinski definition) is 1. The molecule has 27 heavy (non-hydrogen) atoms. The highest BCUT2D eigenvalue weighted by atomic mass is 32.2. The standard InChI is InChI=1S/C20H26N2O4S/c1-15(2)17-5-11-20(12-6-17)27(24,25)21-13-14-22(16(3)23)18-7-9-19(26-4)10-8-18/h5-12,15,21H,13-14H2,1-4H3. The first kappa shape index (κ1) is 20.9. The first-order valence-electron chi connectivity index (χ1n) is 8.76. The molecule has 2 rings (SSSR count). The average molecular weight is 391 g/mol. The van der Waals surface area contributed by atoms with Gasteiger partial charge in [-0.05, 0) is 47.9 Å². The zero-order chi connectivity index (χ0) is 20.0. The summed E-state index contributed by atoms with van der Waals surface area (Å²) >= 11 is 0. The Bertz CT molecular complexity index is 860. The van der Waals surface area contributed by atoms with Crippen LogP contribution in [0.2, 0.25) is 0 Å². The molecule has 0 unspecified atom stereocenters. The molecule has 146 valence electrons. The summed E-state index contributed by atoms with van der Waals surface area (Å²) in [4.78, 5) is 13.7. The molecule has 1 amide bonds. The molecular weight excluding hydrogens is 364 g/mol. The van der Waals surface area contributed by atoms with Crippen LogP contribution in [0, 0.1) is 0 Å². The smallest absolute Gasteiger partial charge is 0.240 e. The molecule has 6 nitrogen and oxygen atoms in total. The van der Waals surface area contributed by atoms with Crippen LogP contribution in [0.3, 0.4) is 0 Å². The summed E-state index contributed by atoms with van der Waals surface area (Å²) in [7, 11) is -2.06. The fourth-order valence-electron chi connectivity index (χ4n) is 2.64. The average Bonchev–Trinajstić information content (AvgIpc) is 2.65. The quantitative estimate of drug-likeness (QED) is 0.751. The highest BCUT2D eigenvalue weighted by Crippen LogP contribution is 2.20. The van der Waals surface area contributed by atoms with E-state index < -0.39 is 10.0 Å². The lowest BCUT2D eigenvalue weighted by Gasteiger charge is -2.21. The van der Waals surface area contributed by atoms with Crippen molar-refractivity contribution in [3.63, 3.8) is 0 Å². The second-order valence-corrected chi connectivity index (χ2v) is 8.26. The molecule has 0 aromatic heterocycles. The Morgan fingerprint density at radius 2 is 1.67 bits per heavy atom. The monoisotopic (exact) mass is 390 g/mol. The molecule has 1 N–H and O–H groups in total. The molecule has 0 saturated carbocycles. The van der Waals surface area contributed by atoms with Gasteiger partial charge in [0.05, 0.1) is 12.0 Å². The molecule has 0 fully saturated rings. The molecule has 7 heteroatoms. The number of amides is 1. The van der Waals surface area contributed by atoms with E-state index >= 15 is 0 Å². The zero-order valence-electron chi connectivity index (χ0n) is 16.1. The van der Waals surface area contributed by atoms with E-state index in [9.17, 15) is 13.2 Å². The lowest BCUT2D eigenvalue weighted by Crippen LogP contribution is -2.37. The van der Waals surface area contributed by atoms with Crippen molar-refractivity contribution in [2.45, 2.75) is 31.6 Å². The maximum Gasteiger partial charge on any atom is 0.240 e. The summed E-state index contributed by atoms with van der Waals surface area (Å²) in [5.41, 5.74) is 1.76. The van der Waals surface area contributed by atoms with Crippen molar-refractivity contribution >= 4 is 21.6 Å². The van der Waals surface area contributed by atoms with Crippen LogP contribution in [-0.2, 0) is 14.8 Å². The number of nitrogens with zero attached hydrogens (tertiary/aromatic N) is 1. The highest BCUT2D eigenvalue weighted by Gasteiger charge is 2.16. The van der Waals surface area contributed by atoms with Crippen molar-refractivity contribution in [1.82, 2.24) is 4.72 Å². The third-order valence-electron chi connectivity index (χ3n) is 4.25. The lowest BCUT2D eigenvalue weighted by molar-refractivity contribution is -0.116. The Balaban J connectivity index is 2.03. The normalized spacial score (nSPS) is 11.4. The number of benzene rings is 2. The number of hydrogen-bond acceptors (Lipinski definition) is 4. The van der Waals surface area contributed by atoms with E-state index in [4.69, 9.17) is 4.74 Å². The molecule has 0 saturated heterocycles. The number of ether oxygens (including phenoxy) is 1. The van der Waals surface area contributed by atoms with E-state index in [1.807, 2.05) is 12.1 Å². The fraction of sp³-hybridized carbons (Fsp3) is 0.350. The molecule has 0 radical (unpaired) electrons. The zero-order valence-corrected chi connectivity index (χ0v) is 16.9. The van der Waals surface area contributed by atoms with Crippen molar-refractivity contribution in [3.8, 4) is 5.75 Å². The minimum atomic E-state index is -3.62. The van der Waals surface area contributed by atoms with Gasteiger partial charge >= 0.3 is 0 Å². The molecule has 2 aromatic carbocycles. The second-order valence-electron chi connectivity index (χ2n) is 6.49. The Morgan fingerprint density at radius 3 is 2.15 bits per heavy atom. The predicted octanol–water partition coefficient (Wildman–Crippen LogP) is 3.15. The SMILES string of the molecule is COc1ccc(N(CCNS(=O)(=O)c2ccc(C(C)C)cc2)C(C)=O)cc1. The summed E-state index contributed by atoms with van der Waals surface area (Å²) in [5.74, 6) is 0.858. The molecule has 2 aromatic rings. The van der Waals surface area contributed by atoms with Gasteiger partial charge < -0.3 is 9.64 Å². The number of methoxy groups -OCH3 is 1. The number of rotatable bonds is 8. The van der Waals surface area contributed by atoms with Crippen LogP contribution in [0.1, 0.15) is 32.3 Å². The van der Waals surface area contributed by atoms with E-state index in [2.05, 4.69) is 18.6 Å². The highest BCUT2D eigenvalue weighted by molar-refractivity contribution is 7.89. The molecule has 0 bridgehead atoms. The van der Waals surface area contributed by atoms with E-state index in [0.717, 1.165) is 5.56 Å². The van der Waals surface area contributed by atoms with E-state index in [1.165, 1.54) is 11.8 Å². The van der Waals surface area contributed by atoms with Gasteiger partial charge in [-0.15, -0.1) is 0 Å². The van der Waals surface area contributed by atoms with Gasteiger partial charge in [0.25, 0.3) is 0 Å². The summed E-state index contributed by atoms with van der Waals surface area (Å²) in [6.07, 6.45) is 0. The molecular formula is C20H26N2O4S. The minimum Gasteiger partial charge on any atom is -0.497 e. The lowest BCUT2D eigenvalue weighted by atomic mass is 10.0. The third-order valence-corrected chi connectivity index (χ3v) is 5.73. The van der Waals surface area contributed by atoms with Crippen molar-refractivity contribution in [1.29, 1.82) is 0 Å². The largest absolute Gasteiger partial charge is 0.497 e. The maximum atomic E-state index is 12.5. The first-order chi connectivity index (χ1) is 12.7. The molecule has 0 heterocycles. The van der Waals surface area contributed by atoms with Crippen LogP contribution in [0.5, 0.6) is 5.75 Å². The predicted molar refractivity (Wildman–Crippen MR) is 107 cm³/mol. The number of carbonyl (C=O) groups is 1.